The molecule has 0 saturated heterocycles. The van der Waals surface area contributed by atoms with Gasteiger partial charge in [0.15, 0.2) is 11.0 Å². The first-order valence-electron chi connectivity index (χ1n) is 8.46. The summed E-state index contributed by atoms with van der Waals surface area (Å²) >= 11 is 1.16. The van der Waals surface area contributed by atoms with E-state index in [1.165, 1.54) is 24.3 Å². The van der Waals surface area contributed by atoms with Gasteiger partial charge in [0, 0.05) is 12.1 Å². The molecule has 5 nitrogen and oxygen atoms in total. The molecular weight excluding hydrogens is 382 g/mol. The summed E-state index contributed by atoms with van der Waals surface area (Å²) in [5.41, 5.74) is 1.48. The van der Waals surface area contributed by atoms with Crippen LogP contribution >= 0.6 is 11.8 Å². The van der Waals surface area contributed by atoms with Gasteiger partial charge in [-0.2, -0.15) is 0 Å². The van der Waals surface area contributed by atoms with Crippen LogP contribution in [0.25, 0.3) is 11.4 Å². The normalized spacial score (nSPS) is 10.7. The van der Waals surface area contributed by atoms with Crippen LogP contribution in [0.3, 0.4) is 0 Å². The summed E-state index contributed by atoms with van der Waals surface area (Å²) in [5, 5.41) is 11.2. The minimum absolute atomic E-state index is 0.0196. The predicted octanol–water partition coefficient (Wildman–Crippen LogP) is 4.45. The molecule has 2 aromatic carbocycles. The predicted molar refractivity (Wildman–Crippen MR) is 106 cm³/mol. The zero-order valence-corrected chi connectivity index (χ0v) is 16.0. The Hall–Kier alpha value is -3.00. The number of halogens is 2. The van der Waals surface area contributed by atoms with Crippen LogP contribution in [0.2, 0.25) is 0 Å². The average molecular weight is 400 g/mol. The van der Waals surface area contributed by atoms with Crippen LogP contribution in [-0.4, -0.2) is 26.4 Å². The molecule has 3 rings (SSSR count). The molecule has 0 aliphatic carbocycles. The van der Waals surface area contributed by atoms with Crippen LogP contribution in [0.5, 0.6) is 0 Å². The molecule has 0 saturated carbocycles. The van der Waals surface area contributed by atoms with Crippen LogP contribution in [0.1, 0.15) is 5.56 Å². The fourth-order valence-electron chi connectivity index (χ4n) is 2.57. The van der Waals surface area contributed by atoms with Crippen LogP contribution < -0.4 is 5.32 Å². The van der Waals surface area contributed by atoms with E-state index in [-0.39, 0.29) is 23.2 Å². The van der Waals surface area contributed by atoms with Gasteiger partial charge < -0.3 is 5.32 Å². The zero-order chi connectivity index (χ0) is 20.1. The number of allylic oxidation sites excluding steroid dienone is 1. The van der Waals surface area contributed by atoms with Crippen molar-refractivity contribution in [1.29, 1.82) is 0 Å². The molecule has 8 heteroatoms. The number of carbonyl (C=O) groups excluding carboxylic acids is 1. The van der Waals surface area contributed by atoms with Gasteiger partial charge in [0.2, 0.25) is 5.91 Å². The van der Waals surface area contributed by atoms with Crippen molar-refractivity contribution in [2.24, 2.45) is 0 Å². The van der Waals surface area contributed by atoms with E-state index in [1.54, 1.807) is 35.8 Å². The molecule has 1 N–H and O–H groups in total. The lowest BCUT2D eigenvalue weighted by Crippen LogP contribution is -2.15. The van der Waals surface area contributed by atoms with Crippen molar-refractivity contribution < 1.29 is 13.6 Å². The first-order chi connectivity index (χ1) is 13.5. The Kier molecular flexibility index (Phi) is 6.20. The largest absolute Gasteiger partial charge is 0.323 e. The second kappa shape index (κ2) is 8.79. The van der Waals surface area contributed by atoms with Gasteiger partial charge in [0.1, 0.15) is 11.6 Å². The molecule has 1 heterocycles. The molecule has 0 radical (unpaired) electrons. The Bertz CT molecular complexity index is 1020. The lowest BCUT2D eigenvalue weighted by molar-refractivity contribution is -0.113. The number of nitrogens with zero attached hydrogens (tertiary/aromatic N) is 3. The van der Waals surface area contributed by atoms with Crippen molar-refractivity contribution in [3.63, 3.8) is 0 Å². The van der Waals surface area contributed by atoms with Crippen molar-refractivity contribution >= 4 is 23.4 Å². The number of thioether (sulfide) groups is 1. The standard InChI is InChI=1S/C20H18F2N4OS/c1-3-9-26-19(14-5-4-6-15(21)11-14)24-25-20(26)28-12-18(27)23-17-8-7-13(2)10-16(17)22/h3-8,10-11H,1,9,12H2,2H3,(H,23,27). The Morgan fingerprint density at radius 1 is 1.25 bits per heavy atom. The van der Waals surface area contributed by atoms with Crippen LogP contribution in [0, 0.1) is 18.6 Å². The number of amides is 1. The summed E-state index contributed by atoms with van der Waals surface area (Å²) in [6.45, 7) is 5.89. The fourth-order valence-corrected chi connectivity index (χ4v) is 3.32. The minimum atomic E-state index is -0.485. The number of hydrogen-bond acceptors (Lipinski definition) is 4. The Morgan fingerprint density at radius 2 is 2.07 bits per heavy atom. The maximum Gasteiger partial charge on any atom is 0.234 e. The molecule has 0 fully saturated rings. The van der Waals surface area contributed by atoms with Gasteiger partial charge in [-0.25, -0.2) is 8.78 Å². The van der Waals surface area contributed by atoms with Crippen molar-refractivity contribution in [3.8, 4) is 11.4 Å². The quantitative estimate of drug-likeness (QED) is 0.470. The summed E-state index contributed by atoms with van der Waals surface area (Å²) in [6, 6.07) is 10.6. The smallest absolute Gasteiger partial charge is 0.234 e. The average Bonchev–Trinajstić information content (AvgIpc) is 3.05. The lowest BCUT2D eigenvalue weighted by atomic mass is 10.2. The van der Waals surface area contributed by atoms with Gasteiger partial charge in [-0.3, -0.25) is 9.36 Å². The molecule has 0 spiro atoms. The lowest BCUT2D eigenvalue weighted by Gasteiger charge is -2.09. The first kappa shape index (κ1) is 19.8. The first-order valence-corrected chi connectivity index (χ1v) is 9.45. The van der Waals surface area contributed by atoms with E-state index in [2.05, 4.69) is 22.1 Å². The number of benzene rings is 2. The number of carbonyl (C=O) groups is 1. The van der Waals surface area contributed by atoms with Gasteiger partial charge >= 0.3 is 0 Å². The molecule has 0 aliphatic rings. The Balaban J connectivity index is 1.73. The van der Waals surface area contributed by atoms with Crippen LogP contribution in [-0.2, 0) is 11.3 Å². The SMILES string of the molecule is C=CCn1c(SCC(=O)Nc2ccc(C)cc2F)nnc1-c1cccc(F)c1. The number of nitrogens with one attached hydrogen (secondary N) is 1. The number of aromatic nitrogens is 3. The monoisotopic (exact) mass is 400 g/mol. The molecule has 144 valence electrons. The Labute approximate surface area is 165 Å². The van der Waals surface area contributed by atoms with E-state index in [9.17, 15) is 13.6 Å². The molecular formula is C20H18F2N4OS. The third kappa shape index (κ3) is 4.64. The van der Waals surface area contributed by atoms with Gasteiger partial charge in [0.05, 0.1) is 11.4 Å². The maximum atomic E-state index is 13.9. The second-order valence-electron chi connectivity index (χ2n) is 6.04. The van der Waals surface area contributed by atoms with Crippen molar-refractivity contribution in [2.75, 3.05) is 11.1 Å². The van der Waals surface area contributed by atoms with Gasteiger partial charge in [-0.1, -0.05) is 36.0 Å². The third-order valence-electron chi connectivity index (χ3n) is 3.84. The zero-order valence-electron chi connectivity index (χ0n) is 15.2. The summed E-state index contributed by atoms with van der Waals surface area (Å²) in [7, 11) is 0. The minimum Gasteiger partial charge on any atom is -0.323 e. The van der Waals surface area contributed by atoms with Gasteiger partial charge in [0.25, 0.3) is 0 Å². The number of hydrogen-bond donors (Lipinski definition) is 1. The van der Waals surface area contributed by atoms with Crippen LogP contribution in [0.15, 0.2) is 60.3 Å². The second-order valence-corrected chi connectivity index (χ2v) is 6.98. The summed E-state index contributed by atoms with van der Waals surface area (Å²) < 4.78 is 29.1. The molecule has 28 heavy (non-hydrogen) atoms. The molecule has 0 unspecified atom stereocenters. The molecule has 0 aliphatic heterocycles. The highest BCUT2D eigenvalue weighted by atomic mass is 32.2. The highest BCUT2D eigenvalue weighted by Gasteiger charge is 2.16. The topological polar surface area (TPSA) is 59.8 Å². The number of aryl methyl sites for hydroxylation is 1. The number of anilines is 1. The molecule has 1 aromatic heterocycles. The molecule has 0 atom stereocenters. The highest BCUT2D eigenvalue weighted by Crippen LogP contribution is 2.25. The van der Waals surface area contributed by atoms with E-state index in [0.29, 0.717) is 23.1 Å². The Morgan fingerprint density at radius 3 is 2.79 bits per heavy atom. The van der Waals surface area contributed by atoms with Crippen molar-refractivity contribution in [3.05, 3.63) is 72.3 Å². The van der Waals surface area contributed by atoms with E-state index in [4.69, 9.17) is 0 Å². The van der Waals surface area contributed by atoms with Gasteiger partial charge in [-0.15, -0.1) is 16.8 Å². The van der Waals surface area contributed by atoms with E-state index >= 15 is 0 Å². The summed E-state index contributed by atoms with van der Waals surface area (Å²) in [4.78, 5) is 12.2. The number of rotatable bonds is 7. The summed E-state index contributed by atoms with van der Waals surface area (Å²) in [6.07, 6.45) is 1.66. The van der Waals surface area contributed by atoms with E-state index < -0.39 is 5.82 Å². The maximum absolute atomic E-state index is 13.9. The van der Waals surface area contributed by atoms with E-state index in [0.717, 1.165) is 17.3 Å². The van der Waals surface area contributed by atoms with Gasteiger partial charge in [-0.05, 0) is 36.8 Å². The molecule has 3 aromatic rings. The molecule has 0 bridgehead atoms. The van der Waals surface area contributed by atoms with Crippen molar-refractivity contribution in [1.82, 2.24) is 14.8 Å². The van der Waals surface area contributed by atoms with E-state index in [1.807, 2.05) is 0 Å². The highest BCUT2D eigenvalue weighted by molar-refractivity contribution is 7.99. The fraction of sp³-hybridized carbons (Fsp3) is 0.150. The molecule has 1 amide bonds. The van der Waals surface area contributed by atoms with Crippen molar-refractivity contribution in [2.45, 2.75) is 18.6 Å². The van der Waals surface area contributed by atoms with Crippen LogP contribution in [0.4, 0.5) is 14.5 Å². The third-order valence-corrected chi connectivity index (χ3v) is 4.81. The summed E-state index contributed by atoms with van der Waals surface area (Å²) in [5.74, 6) is -0.729.